The Morgan fingerprint density at radius 2 is 2.05 bits per heavy atom. The molecule has 1 unspecified atom stereocenters. The van der Waals surface area contributed by atoms with Crippen molar-refractivity contribution in [3.63, 3.8) is 0 Å². The quantitative estimate of drug-likeness (QED) is 0.876. The van der Waals surface area contributed by atoms with Gasteiger partial charge in [0.25, 0.3) is 5.89 Å². The second kappa shape index (κ2) is 6.15. The number of hydrogen-bond acceptors (Lipinski definition) is 5. The topological polar surface area (TPSA) is 74.2 Å². The van der Waals surface area contributed by atoms with E-state index in [1.807, 2.05) is 32.0 Å². The third-order valence-electron chi connectivity index (χ3n) is 3.17. The number of rotatable bonds is 6. The van der Waals surface area contributed by atoms with E-state index in [0.717, 1.165) is 12.0 Å². The molecule has 1 aromatic heterocycles. The number of nitrogens with two attached hydrogens (primary N) is 1. The lowest BCUT2D eigenvalue weighted by Gasteiger charge is -2.19. The van der Waals surface area contributed by atoms with Crippen LogP contribution in [-0.4, -0.2) is 23.4 Å². The predicted octanol–water partition coefficient (Wildman–Crippen LogP) is 2.51. The molecule has 1 aromatic carbocycles. The highest BCUT2D eigenvalue weighted by Gasteiger charge is 2.28. The molecule has 0 bridgehead atoms. The van der Waals surface area contributed by atoms with Gasteiger partial charge in [-0.25, -0.2) is 0 Å². The van der Waals surface area contributed by atoms with Gasteiger partial charge in [0, 0.05) is 12.2 Å². The molecule has 2 N–H and O–H groups in total. The van der Waals surface area contributed by atoms with Crippen molar-refractivity contribution in [1.82, 2.24) is 10.1 Å². The number of aryl methyl sites for hydroxylation is 1. The molecule has 0 amide bonds. The average Bonchev–Trinajstić information content (AvgIpc) is 2.95. The Balaban J connectivity index is 2.29. The van der Waals surface area contributed by atoms with Crippen molar-refractivity contribution in [2.45, 2.75) is 32.7 Å². The Morgan fingerprint density at radius 1 is 1.30 bits per heavy atom. The maximum atomic E-state index is 6.18. The van der Waals surface area contributed by atoms with Crippen molar-refractivity contribution in [2.24, 2.45) is 5.73 Å². The van der Waals surface area contributed by atoms with Gasteiger partial charge in [-0.3, -0.25) is 0 Å². The lowest BCUT2D eigenvalue weighted by atomic mass is 10.0. The third-order valence-corrected chi connectivity index (χ3v) is 3.17. The molecule has 0 aliphatic carbocycles. The zero-order valence-corrected chi connectivity index (χ0v) is 12.2. The zero-order chi connectivity index (χ0) is 14.6. The van der Waals surface area contributed by atoms with Gasteiger partial charge in [0.15, 0.2) is 5.82 Å². The summed E-state index contributed by atoms with van der Waals surface area (Å²) in [5, 5.41) is 4.00. The molecule has 2 rings (SSSR count). The first kappa shape index (κ1) is 14.7. The van der Waals surface area contributed by atoms with E-state index in [2.05, 4.69) is 23.1 Å². The minimum atomic E-state index is -0.751. The lowest BCUT2D eigenvalue weighted by Crippen LogP contribution is -2.39. The van der Waals surface area contributed by atoms with Crippen LogP contribution in [0.5, 0.6) is 0 Å². The molecule has 0 spiro atoms. The smallest absolute Gasteiger partial charge is 0.258 e. The van der Waals surface area contributed by atoms with Crippen LogP contribution < -0.4 is 5.73 Å². The van der Waals surface area contributed by atoms with Crippen LogP contribution >= 0.6 is 0 Å². The van der Waals surface area contributed by atoms with E-state index in [9.17, 15) is 0 Å². The molecule has 0 aliphatic rings. The first-order valence-electron chi connectivity index (χ1n) is 6.87. The highest BCUT2D eigenvalue weighted by Crippen LogP contribution is 2.24. The monoisotopic (exact) mass is 275 g/mol. The van der Waals surface area contributed by atoms with Crippen LogP contribution in [-0.2, 0) is 16.7 Å². The van der Waals surface area contributed by atoms with Gasteiger partial charge in [0.2, 0.25) is 0 Å². The Kier molecular flexibility index (Phi) is 4.52. The maximum absolute atomic E-state index is 6.18. The molecule has 1 atom stereocenters. The van der Waals surface area contributed by atoms with Gasteiger partial charge in [0.1, 0.15) is 5.54 Å². The third kappa shape index (κ3) is 3.05. The highest BCUT2D eigenvalue weighted by atomic mass is 16.5. The summed E-state index contributed by atoms with van der Waals surface area (Å²) in [4.78, 5) is 4.43. The summed E-state index contributed by atoms with van der Waals surface area (Å²) in [7, 11) is 0. The fourth-order valence-electron chi connectivity index (χ4n) is 1.98. The Morgan fingerprint density at radius 3 is 2.75 bits per heavy atom. The van der Waals surface area contributed by atoms with E-state index >= 15 is 0 Å². The second-order valence-corrected chi connectivity index (χ2v) is 4.99. The van der Waals surface area contributed by atoms with Gasteiger partial charge in [-0.15, -0.1) is 0 Å². The van der Waals surface area contributed by atoms with Crippen molar-refractivity contribution in [2.75, 3.05) is 13.2 Å². The van der Waals surface area contributed by atoms with E-state index < -0.39 is 5.54 Å². The molecule has 2 aromatic rings. The van der Waals surface area contributed by atoms with E-state index in [4.69, 9.17) is 15.0 Å². The van der Waals surface area contributed by atoms with E-state index in [1.165, 1.54) is 5.56 Å². The molecule has 1 heterocycles. The van der Waals surface area contributed by atoms with E-state index in [1.54, 1.807) is 0 Å². The molecule has 20 heavy (non-hydrogen) atoms. The molecule has 0 fully saturated rings. The zero-order valence-electron chi connectivity index (χ0n) is 12.2. The van der Waals surface area contributed by atoms with Crippen LogP contribution in [0.3, 0.4) is 0 Å². The number of aromatic nitrogens is 2. The number of nitrogens with zero attached hydrogens (tertiary/aromatic N) is 2. The molecule has 0 radical (unpaired) electrons. The van der Waals surface area contributed by atoms with Crippen LogP contribution in [0, 0.1) is 0 Å². The summed E-state index contributed by atoms with van der Waals surface area (Å²) >= 11 is 0. The van der Waals surface area contributed by atoms with Gasteiger partial charge >= 0.3 is 0 Å². The molecule has 0 saturated heterocycles. The van der Waals surface area contributed by atoms with Gasteiger partial charge in [-0.2, -0.15) is 4.98 Å². The van der Waals surface area contributed by atoms with Crippen LogP contribution in [0.1, 0.15) is 32.2 Å². The summed E-state index contributed by atoms with van der Waals surface area (Å²) < 4.78 is 10.7. The fraction of sp³-hybridized carbons (Fsp3) is 0.467. The number of hydrogen-bond donors (Lipinski definition) is 1. The maximum Gasteiger partial charge on any atom is 0.258 e. The van der Waals surface area contributed by atoms with E-state index in [0.29, 0.717) is 24.9 Å². The van der Waals surface area contributed by atoms with Crippen molar-refractivity contribution < 1.29 is 9.26 Å². The molecule has 108 valence electrons. The average molecular weight is 275 g/mol. The first-order chi connectivity index (χ1) is 9.58. The van der Waals surface area contributed by atoms with Gasteiger partial charge in [-0.1, -0.05) is 30.3 Å². The summed E-state index contributed by atoms with van der Waals surface area (Å²) in [6, 6.07) is 8.00. The van der Waals surface area contributed by atoms with E-state index in [-0.39, 0.29) is 0 Å². The van der Waals surface area contributed by atoms with Crippen molar-refractivity contribution in [1.29, 1.82) is 0 Å². The summed E-state index contributed by atoms with van der Waals surface area (Å²) in [5.41, 5.74) is 7.56. The van der Waals surface area contributed by atoms with Gasteiger partial charge in [0.05, 0.1) is 6.61 Å². The largest absolute Gasteiger partial charge is 0.379 e. The van der Waals surface area contributed by atoms with Gasteiger partial charge < -0.3 is 15.0 Å². The van der Waals surface area contributed by atoms with Crippen LogP contribution in [0.2, 0.25) is 0 Å². The summed E-state index contributed by atoms with van der Waals surface area (Å²) in [6.45, 7) is 6.82. The fourth-order valence-corrected chi connectivity index (χ4v) is 1.98. The second-order valence-electron chi connectivity index (χ2n) is 4.99. The first-order valence-corrected chi connectivity index (χ1v) is 6.87. The van der Waals surface area contributed by atoms with Crippen molar-refractivity contribution in [3.8, 4) is 11.5 Å². The van der Waals surface area contributed by atoms with Gasteiger partial charge in [-0.05, 0) is 31.9 Å². The minimum Gasteiger partial charge on any atom is -0.379 e. The molecular weight excluding hydrogens is 254 g/mol. The van der Waals surface area contributed by atoms with Crippen molar-refractivity contribution in [3.05, 3.63) is 35.7 Å². The molecule has 5 heteroatoms. The molecule has 0 aliphatic heterocycles. The van der Waals surface area contributed by atoms with Crippen LogP contribution in [0.4, 0.5) is 0 Å². The molecular formula is C15H21N3O2. The molecule has 0 saturated carbocycles. The Labute approximate surface area is 119 Å². The lowest BCUT2D eigenvalue weighted by molar-refractivity contribution is 0.0962. The normalized spacial score (nSPS) is 14.2. The summed E-state index contributed by atoms with van der Waals surface area (Å²) in [5.74, 6) is 0.970. The minimum absolute atomic E-state index is 0.359. The molecule has 5 nitrogen and oxygen atoms in total. The Bertz CT molecular complexity index is 564. The van der Waals surface area contributed by atoms with Crippen LogP contribution in [0.25, 0.3) is 11.5 Å². The van der Waals surface area contributed by atoms with Crippen molar-refractivity contribution >= 4 is 0 Å². The highest BCUT2D eigenvalue weighted by molar-refractivity contribution is 5.58. The van der Waals surface area contributed by atoms with Crippen LogP contribution in [0.15, 0.2) is 28.8 Å². The standard InChI is InChI=1S/C15H21N3O2/c1-4-11-8-6-7-9-12(11)13-17-14(18-20-13)15(3,16)10-19-5-2/h6-9H,4-5,10,16H2,1-3H3. The number of ether oxygens (including phenoxy) is 1. The predicted molar refractivity (Wildman–Crippen MR) is 77.1 cm³/mol. The summed E-state index contributed by atoms with van der Waals surface area (Å²) in [6.07, 6.45) is 0.909. The SMILES string of the molecule is CCOCC(C)(N)c1noc(-c2ccccc2CC)n1. The Hall–Kier alpha value is -1.72. The number of benzene rings is 1.